The topological polar surface area (TPSA) is 35.8 Å². The number of nitrogens with zero attached hydrogens (tertiary/aromatic N) is 1. The minimum absolute atomic E-state index is 0.681. The summed E-state index contributed by atoms with van der Waals surface area (Å²) in [5.74, 6) is 0. The summed E-state index contributed by atoms with van der Waals surface area (Å²) in [6.07, 6.45) is 0. The van der Waals surface area contributed by atoms with Crippen molar-refractivity contribution in [2.75, 3.05) is 5.32 Å². The summed E-state index contributed by atoms with van der Waals surface area (Å²) in [4.78, 5) is 0. The summed E-state index contributed by atoms with van der Waals surface area (Å²) < 4.78 is 1.13. The van der Waals surface area contributed by atoms with Crippen molar-refractivity contribution in [1.29, 1.82) is 5.26 Å². The van der Waals surface area contributed by atoms with E-state index >= 15 is 0 Å². The van der Waals surface area contributed by atoms with Gasteiger partial charge >= 0.3 is 0 Å². The molecule has 0 spiro atoms. The fourth-order valence-electron chi connectivity index (χ4n) is 1.68. The summed E-state index contributed by atoms with van der Waals surface area (Å²) >= 11 is 3.49. The third-order valence-electron chi connectivity index (χ3n) is 2.73. The number of aryl methyl sites for hydroxylation is 1. The molecule has 0 bridgehead atoms. The number of nitrogens with one attached hydrogen (secondary N) is 1. The first-order chi connectivity index (χ1) is 8.69. The molecule has 2 nitrogen and oxygen atoms in total. The molecule has 90 valence electrons. The van der Waals surface area contributed by atoms with Gasteiger partial charge in [-0.1, -0.05) is 28.1 Å². The van der Waals surface area contributed by atoms with Gasteiger partial charge in [0.2, 0.25) is 0 Å². The predicted molar refractivity (Wildman–Crippen MR) is 77.4 cm³/mol. The first-order valence-corrected chi connectivity index (χ1v) is 6.47. The fraction of sp³-hybridized carbons (Fsp3) is 0.133. The second kappa shape index (κ2) is 5.70. The van der Waals surface area contributed by atoms with Gasteiger partial charge < -0.3 is 5.32 Å². The molecule has 0 aliphatic heterocycles. The van der Waals surface area contributed by atoms with Crippen LogP contribution in [0.2, 0.25) is 0 Å². The zero-order valence-corrected chi connectivity index (χ0v) is 11.7. The van der Waals surface area contributed by atoms with E-state index in [1.54, 1.807) is 0 Å². The van der Waals surface area contributed by atoms with Gasteiger partial charge in [-0.2, -0.15) is 5.26 Å². The molecule has 2 rings (SSSR count). The minimum atomic E-state index is 0.681. The van der Waals surface area contributed by atoms with Crippen molar-refractivity contribution >= 4 is 21.6 Å². The Bertz CT molecular complexity index is 582. The van der Waals surface area contributed by atoms with Crippen molar-refractivity contribution in [1.82, 2.24) is 0 Å². The van der Waals surface area contributed by atoms with E-state index in [-0.39, 0.29) is 0 Å². The molecule has 0 fully saturated rings. The molecule has 0 heterocycles. The summed E-state index contributed by atoms with van der Waals surface area (Å²) in [5, 5.41) is 12.1. The lowest BCUT2D eigenvalue weighted by Gasteiger charge is -2.08. The summed E-state index contributed by atoms with van der Waals surface area (Å²) in [6, 6.07) is 15.9. The number of hydrogen-bond acceptors (Lipinski definition) is 2. The van der Waals surface area contributed by atoms with Gasteiger partial charge in [-0.25, -0.2) is 0 Å². The smallest absolute Gasteiger partial charge is 0.0991 e. The van der Waals surface area contributed by atoms with Crippen LogP contribution in [0, 0.1) is 18.3 Å². The van der Waals surface area contributed by atoms with Crippen molar-refractivity contribution in [3.05, 3.63) is 63.6 Å². The highest BCUT2D eigenvalue weighted by Crippen LogP contribution is 2.18. The molecular weight excluding hydrogens is 288 g/mol. The quantitative estimate of drug-likeness (QED) is 0.920. The average Bonchev–Trinajstić information content (AvgIpc) is 2.41. The van der Waals surface area contributed by atoms with Crippen LogP contribution in [0.1, 0.15) is 16.7 Å². The number of anilines is 1. The largest absolute Gasteiger partial charge is 0.381 e. The van der Waals surface area contributed by atoms with E-state index in [9.17, 15) is 0 Å². The Labute approximate surface area is 115 Å². The number of nitriles is 1. The van der Waals surface area contributed by atoms with Gasteiger partial charge in [0.15, 0.2) is 0 Å². The summed E-state index contributed by atoms with van der Waals surface area (Å²) in [6.45, 7) is 2.86. The molecule has 0 unspecified atom stereocenters. The van der Waals surface area contributed by atoms with Gasteiger partial charge in [0.1, 0.15) is 0 Å². The van der Waals surface area contributed by atoms with Crippen molar-refractivity contribution in [3.8, 4) is 6.07 Å². The molecule has 2 aromatic carbocycles. The maximum atomic E-state index is 8.72. The van der Waals surface area contributed by atoms with Crippen molar-refractivity contribution in [2.24, 2.45) is 0 Å². The van der Waals surface area contributed by atoms with E-state index in [0.717, 1.165) is 16.7 Å². The maximum absolute atomic E-state index is 8.72. The maximum Gasteiger partial charge on any atom is 0.0991 e. The lowest BCUT2D eigenvalue weighted by molar-refractivity contribution is 1.14. The number of benzene rings is 2. The molecule has 0 aliphatic rings. The molecule has 0 aromatic heterocycles. The first-order valence-electron chi connectivity index (χ1n) is 5.68. The highest BCUT2D eigenvalue weighted by Gasteiger charge is 1.98. The van der Waals surface area contributed by atoms with Crippen LogP contribution in [0.3, 0.4) is 0 Å². The number of hydrogen-bond donors (Lipinski definition) is 1. The molecule has 0 radical (unpaired) electrons. The first kappa shape index (κ1) is 12.7. The highest BCUT2D eigenvalue weighted by molar-refractivity contribution is 9.10. The second-order valence-electron chi connectivity index (χ2n) is 4.13. The van der Waals surface area contributed by atoms with Gasteiger partial charge in [-0.05, 0) is 48.4 Å². The molecule has 0 amide bonds. The van der Waals surface area contributed by atoms with Crippen LogP contribution in [-0.4, -0.2) is 0 Å². The van der Waals surface area contributed by atoms with E-state index < -0.39 is 0 Å². The lowest BCUT2D eigenvalue weighted by Crippen LogP contribution is -1.99. The van der Waals surface area contributed by atoms with Crippen LogP contribution in [0.5, 0.6) is 0 Å². The van der Waals surface area contributed by atoms with Gasteiger partial charge in [0, 0.05) is 16.7 Å². The molecule has 1 N–H and O–H groups in total. The SMILES string of the molecule is Cc1cc(CNc2ccc(C#N)cc2)ccc1Br. The van der Waals surface area contributed by atoms with Gasteiger partial charge in [-0.3, -0.25) is 0 Å². The Morgan fingerprint density at radius 1 is 1.17 bits per heavy atom. The lowest BCUT2D eigenvalue weighted by atomic mass is 10.1. The van der Waals surface area contributed by atoms with Crippen molar-refractivity contribution in [2.45, 2.75) is 13.5 Å². The molecule has 0 aliphatic carbocycles. The Morgan fingerprint density at radius 2 is 1.89 bits per heavy atom. The van der Waals surface area contributed by atoms with E-state index in [0.29, 0.717) is 5.56 Å². The van der Waals surface area contributed by atoms with Crippen LogP contribution < -0.4 is 5.32 Å². The molecule has 0 saturated heterocycles. The Morgan fingerprint density at radius 3 is 2.50 bits per heavy atom. The standard InChI is InChI=1S/C15H13BrN2/c1-11-8-13(4-7-15(11)16)10-18-14-5-2-12(9-17)3-6-14/h2-8,18H,10H2,1H3. The predicted octanol–water partition coefficient (Wildman–Crippen LogP) is 4.24. The number of halogens is 1. The van der Waals surface area contributed by atoms with E-state index in [2.05, 4.69) is 52.4 Å². The summed E-state index contributed by atoms with van der Waals surface area (Å²) in [5.41, 5.74) is 4.17. The van der Waals surface area contributed by atoms with Crippen molar-refractivity contribution in [3.63, 3.8) is 0 Å². The van der Waals surface area contributed by atoms with Crippen LogP contribution in [0.15, 0.2) is 46.9 Å². The third-order valence-corrected chi connectivity index (χ3v) is 3.62. The Hall–Kier alpha value is -1.79. The molecule has 3 heteroatoms. The summed E-state index contributed by atoms with van der Waals surface area (Å²) in [7, 11) is 0. The van der Waals surface area contributed by atoms with Crippen molar-refractivity contribution < 1.29 is 0 Å². The molecule has 0 atom stereocenters. The van der Waals surface area contributed by atoms with Crippen LogP contribution >= 0.6 is 15.9 Å². The van der Waals surface area contributed by atoms with Gasteiger partial charge in [-0.15, -0.1) is 0 Å². The second-order valence-corrected chi connectivity index (χ2v) is 4.98. The minimum Gasteiger partial charge on any atom is -0.381 e. The van der Waals surface area contributed by atoms with Crippen LogP contribution in [-0.2, 0) is 6.54 Å². The Kier molecular flexibility index (Phi) is 4.01. The fourth-order valence-corrected chi connectivity index (χ4v) is 1.93. The number of rotatable bonds is 3. The normalized spacial score (nSPS) is 9.83. The van der Waals surface area contributed by atoms with Crippen LogP contribution in [0.25, 0.3) is 0 Å². The van der Waals surface area contributed by atoms with Gasteiger partial charge in [0.25, 0.3) is 0 Å². The average molecular weight is 301 g/mol. The zero-order chi connectivity index (χ0) is 13.0. The third kappa shape index (κ3) is 3.12. The van der Waals surface area contributed by atoms with Gasteiger partial charge in [0.05, 0.1) is 11.6 Å². The monoisotopic (exact) mass is 300 g/mol. The zero-order valence-electron chi connectivity index (χ0n) is 10.1. The highest BCUT2D eigenvalue weighted by atomic mass is 79.9. The van der Waals surface area contributed by atoms with Crippen LogP contribution in [0.4, 0.5) is 5.69 Å². The molecule has 0 saturated carbocycles. The van der Waals surface area contributed by atoms with E-state index in [1.807, 2.05) is 24.3 Å². The molecule has 2 aromatic rings. The Balaban J connectivity index is 2.02. The van der Waals surface area contributed by atoms with E-state index in [4.69, 9.17) is 5.26 Å². The molecular formula is C15H13BrN2. The molecule has 18 heavy (non-hydrogen) atoms. The van der Waals surface area contributed by atoms with E-state index in [1.165, 1.54) is 11.1 Å².